The van der Waals surface area contributed by atoms with E-state index in [4.69, 9.17) is 0 Å². The highest BCUT2D eigenvalue weighted by molar-refractivity contribution is 6.26. The van der Waals surface area contributed by atoms with Gasteiger partial charge in [0.1, 0.15) is 0 Å². The van der Waals surface area contributed by atoms with Crippen LogP contribution in [0.3, 0.4) is 0 Å². The predicted octanol–water partition coefficient (Wildman–Crippen LogP) is 12.8. The van der Waals surface area contributed by atoms with Gasteiger partial charge in [0, 0.05) is 0 Å². The van der Waals surface area contributed by atoms with Crippen LogP contribution in [0, 0.1) is 0 Å². The Morgan fingerprint density at radius 2 is 0.694 bits per heavy atom. The molecule has 0 bridgehead atoms. The third-order valence-electron chi connectivity index (χ3n) is 11.3. The van der Waals surface area contributed by atoms with E-state index in [1.54, 1.807) is 0 Å². The lowest BCUT2D eigenvalue weighted by Gasteiger charge is -2.32. The molecule has 2 aliphatic rings. The Morgan fingerprint density at radius 1 is 0.245 bits per heavy atom. The molecule has 0 nitrogen and oxygen atoms in total. The molecule has 1 atom stereocenters. The van der Waals surface area contributed by atoms with Crippen LogP contribution in [0.1, 0.15) is 22.3 Å². The van der Waals surface area contributed by atoms with E-state index in [1.807, 2.05) is 0 Å². The van der Waals surface area contributed by atoms with Gasteiger partial charge in [-0.05, 0) is 111 Å². The summed E-state index contributed by atoms with van der Waals surface area (Å²) in [5.74, 6) is 0. The highest BCUT2D eigenvalue weighted by Crippen LogP contribution is 2.65. The van der Waals surface area contributed by atoms with Crippen molar-refractivity contribution in [1.29, 1.82) is 0 Å². The van der Waals surface area contributed by atoms with Gasteiger partial charge in [-0.2, -0.15) is 0 Å². The van der Waals surface area contributed by atoms with Crippen LogP contribution >= 0.6 is 0 Å². The van der Waals surface area contributed by atoms with Crippen molar-refractivity contribution in [2.75, 3.05) is 0 Å². The molecule has 0 amide bonds. The lowest BCUT2D eigenvalue weighted by atomic mass is 9.68. The summed E-state index contributed by atoms with van der Waals surface area (Å²) in [6.07, 6.45) is 0. The topological polar surface area (TPSA) is 0 Å². The summed E-state index contributed by atoms with van der Waals surface area (Å²) >= 11 is 0. The Labute approximate surface area is 285 Å². The van der Waals surface area contributed by atoms with E-state index in [2.05, 4.69) is 182 Å². The minimum atomic E-state index is -0.451. The van der Waals surface area contributed by atoms with E-state index in [0.29, 0.717) is 0 Å². The molecule has 49 heavy (non-hydrogen) atoms. The van der Waals surface area contributed by atoms with Gasteiger partial charge in [0.2, 0.25) is 0 Å². The Morgan fingerprint density at radius 3 is 1.35 bits per heavy atom. The van der Waals surface area contributed by atoms with Crippen LogP contribution in [-0.2, 0) is 5.41 Å². The summed E-state index contributed by atoms with van der Waals surface area (Å²) in [6, 6.07) is 68.0. The first kappa shape index (κ1) is 26.8. The lowest BCUT2D eigenvalue weighted by molar-refractivity contribution is 0.797. The van der Waals surface area contributed by atoms with E-state index in [9.17, 15) is 0 Å². The van der Waals surface area contributed by atoms with Crippen molar-refractivity contribution in [3.8, 4) is 44.5 Å². The first-order valence-corrected chi connectivity index (χ1v) is 17.2. The normalized spacial score (nSPS) is 15.4. The fourth-order valence-electron chi connectivity index (χ4n) is 9.31. The van der Waals surface area contributed by atoms with Gasteiger partial charge in [-0.15, -0.1) is 0 Å². The van der Waals surface area contributed by atoms with Gasteiger partial charge < -0.3 is 0 Å². The minimum Gasteiger partial charge on any atom is -0.0622 e. The predicted molar refractivity (Wildman–Crippen MR) is 206 cm³/mol. The maximum atomic E-state index is 2.56. The van der Waals surface area contributed by atoms with Crippen LogP contribution < -0.4 is 0 Å². The maximum absolute atomic E-state index is 2.56. The number of rotatable bonds is 2. The van der Waals surface area contributed by atoms with Crippen molar-refractivity contribution < 1.29 is 0 Å². The van der Waals surface area contributed by atoms with Gasteiger partial charge >= 0.3 is 0 Å². The second-order valence-electron chi connectivity index (χ2n) is 13.5. The molecule has 9 aromatic rings. The molecular formula is C49H30. The third kappa shape index (κ3) is 3.48. The van der Waals surface area contributed by atoms with Gasteiger partial charge in [0.05, 0.1) is 5.41 Å². The number of hydrogen-bond donors (Lipinski definition) is 0. The minimum absolute atomic E-state index is 0.451. The van der Waals surface area contributed by atoms with Crippen molar-refractivity contribution >= 4 is 32.3 Å². The Kier molecular flexibility index (Phi) is 5.41. The SMILES string of the molecule is c1ccc(-c2ccc(-c3cccc4c3C3(c5ccccc5-c5cc6c7ccccc7c7ccccc7c6cc53)c3ccccc3-4)cc2)cc1. The average Bonchev–Trinajstić information content (AvgIpc) is 3.65. The molecule has 0 heterocycles. The quantitative estimate of drug-likeness (QED) is 0.169. The van der Waals surface area contributed by atoms with Crippen LogP contribution in [0.2, 0.25) is 0 Å². The number of benzene rings is 9. The van der Waals surface area contributed by atoms with E-state index in [0.717, 1.165) is 0 Å². The molecule has 0 N–H and O–H groups in total. The van der Waals surface area contributed by atoms with Crippen molar-refractivity contribution in [1.82, 2.24) is 0 Å². The second kappa shape index (κ2) is 9.89. The highest BCUT2D eigenvalue weighted by Gasteiger charge is 2.52. The summed E-state index contributed by atoms with van der Waals surface area (Å²) in [6.45, 7) is 0. The van der Waals surface area contributed by atoms with Gasteiger partial charge in [-0.25, -0.2) is 0 Å². The van der Waals surface area contributed by atoms with Crippen molar-refractivity contribution in [2.24, 2.45) is 0 Å². The average molecular weight is 619 g/mol. The lowest BCUT2D eigenvalue weighted by Crippen LogP contribution is -2.26. The van der Waals surface area contributed by atoms with Crippen LogP contribution in [0.25, 0.3) is 76.8 Å². The molecule has 0 saturated carbocycles. The first-order chi connectivity index (χ1) is 24.3. The Balaban J connectivity index is 1.27. The van der Waals surface area contributed by atoms with Crippen LogP contribution in [0.4, 0.5) is 0 Å². The number of fused-ring (bicyclic) bond motifs is 16. The molecule has 0 radical (unpaired) electrons. The van der Waals surface area contributed by atoms with Gasteiger partial charge in [-0.3, -0.25) is 0 Å². The largest absolute Gasteiger partial charge is 0.0731 e. The zero-order valence-corrected chi connectivity index (χ0v) is 26.8. The molecule has 11 rings (SSSR count). The standard InChI is InChI=1S/C49H30/c1-2-13-31(14-3-1)32-25-27-33(28-26-32)34-21-12-22-41-39-19-8-10-23-45(39)49(48(34)41)46-24-11-9-20-40(46)44-29-42-37-17-6-4-15-35(37)36-16-5-7-18-38(36)43(42)30-47(44)49/h1-30H. The van der Waals surface area contributed by atoms with Crippen LogP contribution in [-0.4, -0.2) is 0 Å². The van der Waals surface area contributed by atoms with Gasteiger partial charge in [0.15, 0.2) is 0 Å². The molecule has 1 spiro atoms. The molecule has 0 fully saturated rings. The summed E-state index contributed by atoms with van der Waals surface area (Å²) in [5, 5.41) is 7.86. The molecule has 0 aromatic heterocycles. The van der Waals surface area contributed by atoms with E-state index in [-0.39, 0.29) is 0 Å². The molecule has 9 aromatic carbocycles. The molecule has 0 saturated heterocycles. The third-order valence-corrected chi connectivity index (χ3v) is 11.3. The van der Waals surface area contributed by atoms with Crippen molar-refractivity contribution in [3.05, 3.63) is 204 Å². The molecule has 0 aliphatic heterocycles. The van der Waals surface area contributed by atoms with Crippen LogP contribution in [0.5, 0.6) is 0 Å². The fraction of sp³-hybridized carbons (Fsp3) is 0.0204. The molecular weight excluding hydrogens is 589 g/mol. The molecule has 2 aliphatic carbocycles. The fourth-order valence-corrected chi connectivity index (χ4v) is 9.31. The van der Waals surface area contributed by atoms with E-state index in [1.165, 1.54) is 99.1 Å². The summed E-state index contributed by atoms with van der Waals surface area (Å²) in [4.78, 5) is 0. The molecule has 226 valence electrons. The van der Waals surface area contributed by atoms with Crippen LogP contribution in [0.15, 0.2) is 182 Å². The monoisotopic (exact) mass is 618 g/mol. The summed E-state index contributed by atoms with van der Waals surface area (Å²) in [7, 11) is 0. The van der Waals surface area contributed by atoms with E-state index < -0.39 is 5.41 Å². The highest BCUT2D eigenvalue weighted by atomic mass is 14.5. The first-order valence-electron chi connectivity index (χ1n) is 17.2. The van der Waals surface area contributed by atoms with E-state index >= 15 is 0 Å². The van der Waals surface area contributed by atoms with Gasteiger partial charge in [-0.1, -0.05) is 170 Å². The van der Waals surface area contributed by atoms with Crippen molar-refractivity contribution in [2.45, 2.75) is 5.41 Å². The van der Waals surface area contributed by atoms with Gasteiger partial charge in [0.25, 0.3) is 0 Å². The second-order valence-corrected chi connectivity index (χ2v) is 13.5. The van der Waals surface area contributed by atoms with Crippen molar-refractivity contribution in [3.63, 3.8) is 0 Å². The molecule has 1 unspecified atom stereocenters. The zero-order valence-electron chi connectivity index (χ0n) is 26.8. The maximum Gasteiger partial charge on any atom is 0.0731 e. The Bertz CT molecular complexity index is 2800. The Hall–Kier alpha value is -6.24. The smallest absolute Gasteiger partial charge is 0.0622 e. The zero-order chi connectivity index (χ0) is 32.1. The molecule has 0 heteroatoms. The summed E-state index contributed by atoms with van der Waals surface area (Å²) < 4.78 is 0. The summed E-state index contributed by atoms with van der Waals surface area (Å²) in [5.41, 5.74) is 15.4. The number of hydrogen-bond acceptors (Lipinski definition) is 0.